The van der Waals surface area contributed by atoms with Gasteiger partial charge in [-0.2, -0.15) is 0 Å². The van der Waals surface area contributed by atoms with Gasteiger partial charge in [-0.3, -0.25) is 0 Å². The molecule has 1 nitrogen and oxygen atoms in total. The summed E-state index contributed by atoms with van der Waals surface area (Å²) in [5, 5.41) is 0. The number of nitrogens with one attached hydrogen (secondary N) is 1. The van der Waals surface area contributed by atoms with E-state index in [1.165, 1.54) is 6.54 Å². The topological polar surface area (TPSA) is 12.0 Å². The summed E-state index contributed by atoms with van der Waals surface area (Å²) in [5.74, 6) is 0. The van der Waals surface area contributed by atoms with Gasteiger partial charge in [-0.25, -0.2) is 0 Å². The third kappa shape index (κ3) is 4.61. The van der Waals surface area contributed by atoms with Crippen molar-refractivity contribution >= 4 is 27.5 Å². The highest BCUT2D eigenvalue weighted by molar-refractivity contribution is 7.23. The molecule has 38 valence electrons. The second kappa shape index (κ2) is 5.61. The average Bonchev–Trinajstić information content (AvgIpc) is 1.61. The fourth-order valence-corrected chi connectivity index (χ4v) is 6.36. The summed E-state index contributed by atoms with van der Waals surface area (Å²) in [4.78, 5) is 3.43. The van der Waals surface area contributed by atoms with Gasteiger partial charge < -0.3 is 4.98 Å². The van der Waals surface area contributed by atoms with Crippen LogP contribution in [0.5, 0.6) is 0 Å². The maximum absolute atomic E-state index is 3.43. The second-order valence-corrected chi connectivity index (χ2v) is 16.9. The fourth-order valence-electron chi connectivity index (χ4n) is 0.354. The Morgan fingerprint density at radius 2 is 2.50 bits per heavy atom. The van der Waals surface area contributed by atoms with Crippen LogP contribution in [0.2, 0.25) is 0 Å². The van der Waals surface area contributed by atoms with Gasteiger partial charge in [-0.05, 0) is 16.3 Å². The Bertz CT molecular complexity index is 20.8. The molecule has 6 heavy (non-hydrogen) atoms. The van der Waals surface area contributed by atoms with Crippen LogP contribution >= 0.6 is 0 Å². The van der Waals surface area contributed by atoms with E-state index in [0.717, 1.165) is 0 Å². The second-order valence-electron chi connectivity index (χ2n) is 1.35. The number of hydrogen-bond donors (Lipinski definition) is 1. The maximum Gasteiger partial charge on any atom is 0.0726 e. The van der Waals surface area contributed by atoms with Crippen molar-refractivity contribution in [3.05, 3.63) is 0 Å². The Morgan fingerprint density at radius 1 is 1.83 bits per heavy atom. The highest BCUT2D eigenvalue weighted by Gasteiger charge is 1.74. The molecule has 0 atom stereocenters. The number of rotatable bonds is 3. The molecule has 0 aliphatic heterocycles. The van der Waals surface area contributed by atoms with E-state index in [2.05, 4.69) is 11.9 Å². The van der Waals surface area contributed by atoms with Crippen LogP contribution in [0.4, 0.5) is 0 Å². The van der Waals surface area contributed by atoms with Crippen molar-refractivity contribution in [1.82, 2.24) is 4.98 Å². The summed E-state index contributed by atoms with van der Waals surface area (Å²) in [6.45, 7) is 3.42. The van der Waals surface area contributed by atoms with Crippen LogP contribution < -0.4 is 4.98 Å². The monoisotopic (exact) mass is 135 g/mol. The lowest BCUT2D eigenvalue weighted by Crippen LogP contribution is -2.24. The van der Waals surface area contributed by atoms with Crippen molar-refractivity contribution in [3.8, 4) is 0 Å². The van der Waals surface area contributed by atoms with Crippen molar-refractivity contribution in [1.29, 1.82) is 0 Å². The molecular weight excluding hydrogens is 122 g/mol. The van der Waals surface area contributed by atoms with Gasteiger partial charge in [0, 0.05) is 8.55 Å². The molecule has 0 spiro atoms. The van der Waals surface area contributed by atoms with Gasteiger partial charge in [0.25, 0.3) is 0 Å². The Kier molecular flexibility index (Phi) is 6.18. The first-order chi connectivity index (χ1) is 2.91. The van der Waals surface area contributed by atoms with Crippen LogP contribution in [-0.4, -0.2) is 34.1 Å². The molecular formula is C2H13NSi3. The van der Waals surface area contributed by atoms with E-state index >= 15 is 0 Å². The molecule has 0 saturated heterocycles. The minimum Gasteiger partial charge on any atom is -0.345 e. The van der Waals surface area contributed by atoms with Gasteiger partial charge in [-0.15, -0.1) is 0 Å². The predicted molar refractivity (Wildman–Crippen MR) is 40.7 cm³/mol. The Balaban J connectivity index is 2.34. The van der Waals surface area contributed by atoms with Crippen molar-refractivity contribution < 1.29 is 0 Å². The first-order valence-corrected chi connectivity index (χ1v) is 13.0. The zero-order valence-electron chi connectivity index (χ0n) is 4.62. The molecule has 0 bridgehead atoms. The van der Waals surface area contributed by atoms with Gasteiger partial charge in [0.15, 0.2) is 0 Å². The Hall–Kier alpha value is 0.611. The summed E-state index contributed by atoms with van der Waals surface area (Å²) >= 11 is 0. The van der Waals surface area contributed by atoms with E-state index < -0.39 is 0 Å². The standard InChI is InChI=1S/C2H13NSi3/c1-2-3-5-6-4/h3H,2,5-6H2,1,4H3. The summed E-state index contributed by atoms with van der Waals surface area (Å²) in [6.07, 6.45) is 0. The first kappa shape index (κ1) is 6.61. The molecule has 1 N–H and O–H groups in total. The summed E-state index contributed by atoms with van der Waals surface area (Å²) in [6, 6.07) is 0. The van der Waals surface area contributed by atoms with Crippen molar-refractivity contribution in [2.75, 3.05) is 6.54 Å². The fraction of sp³-hybridized carbons (Fsp3) is 1.00. The molecule has 0 radical (unpaired) electrons. The lowest BCUT2D eigenvalue weighted by molar-refractivity contribution is 1.02. The lowest BCUT2D eigenvalue weighted by Gasteiger charge is -1.90. The molecule has 0 amide bonds. The molecule has 4 heteroatoms. The summed E-state index contributed by atoms with van der Waals surface area (Å²) in [7, 11) is 2.48. The van der Waals surface area contributed by atoms with Crippen LogP contribution in [0.25, 0.3) is 0 Å². The Morgan fingerprint density at radius 3 is 2.67 bits per heavy atom. The van der Waals surface area contributed by atoms with Crippen LogP contribution in [-0.2, 0) is 0 Å². The van der Waals surface area contributed by atoms with Crippen LogP contribution in [0, 0.1) is 0 Å². The van der Waals surface area contributed by atoms with Crippen LogP contribution in [0.1, 0.15) is 6.92 Å². The van der Waals surface area contributed by atoms with E-state index in [9.17, 15) is 0 Å². The molecule has 0 aromatic carbocycles. The van der Waals surface area contributed by atoms with Crippen molar-refractivity contribution in [2.45, 2.75) is 6.92 Å². The smallest absolute Gasteiger partial charge is 0.0726 e. The first-order valence-electron chi connectivity index (χ1n) is 2.62. The zero-order valence-corrected chi connectivity index (χ0v) is 9.45. The van der Waals surface area contributed by atoms with Gasteiger partial charge in [0.05, 0.1) is 9.20 Å². The van der Waals surface area contributed by atoms with Crippen molar-refractivity contribution in [2.24, 2.45) is 0 Å². The Labute approximate surface area is 46.6 Å². The van der Waals surface area contributed by atoms with Gasteiger partial charge in [0.1, 0.15) is 0 Å². The third-order valence-corrected chi connectivity index (χ3v) is 9.09. The quantitative estimate of drug-likeness (QED) is 0.322. The molecule has 0 rings (SSSR count). The van der Waals surface area contributed by atoms with Gasteiger partial charge in [-0.1, -0.05) is 6.92 Å². The largest absolute Gasteiger partial charge is 0.345 e. The van der Waals surface area contributed by atoms with E-state index in [4.69, 9.17) is 0 Å². The zero-order chi connectivity index (χ0) is 4.83. The van der Waals surface area contributed by atoms with Gasteiger partial charge >= 0.3 is 0 Å². The van der Waals surface area contributed by atoms with Crippen molar-refractivity contribution in [3.63, 3.8) is 0 Å². The summed E-state index contributed by atoms with van der Waals surface area (Å²) < 4.78 is 0. The van der Waals surface area contributed by atoms with E-state index in [-0.39, 0.29) is 0 Å². The van der Waals surface area contributed by atoms with Crippen LogP contribution in [0.3, 0.4) is 0 Å². The van der Waals surface area contributed by atoms with Crippen LogP contribution in [0.15, 0.2) is 0 Å². The van der Waals surface area contributed by atoms with E-state index in [1.54, 1.807) is 9.76 Å². The predicted octanol–water partition coefficient (Wildman–Crippen LogP) is -2.96. The van der Waals surface area contributed by atoms with Gasteiger partial charge in [0.2, 0.25) is 0 Å². The number of hydrogen-bond acceptors (Lipinski definition) is 1. The third-order valence-electron chi connectivity index (χ3n) is 0.677. The molecule has 0 aliphatic rings. The molecule has 0 aliphatic carbocycles. The minimum absolute atomic E-state index is 0.372. The normalized spacial score (nSPS) is 13.5. The lowest BCUT2D eigenvalue weighted by atomic mass is 10.8. The molecule has 0 unspecified atom stereocenters. The SMILES string of the molecule is CCN[SiH2][SiH2][SiH3]. The molecule has 0 aromatic heterocycles. The highest BCUT2D eigenvalue weighted by Crippen LogP contribution is 1.44. The molecule has 0 saturated carbocycles. The maximum atomic E-state index is 3.43. The minimum atomic E-state index is 0.372. The highest BCUT2D eigenvalue weighted by atomic mass is 29.5. The average molecular weight is 135 g/mol. The molecule has 0 fully saturated rings. The van der Waals surface area contributed by atoms with E-state index in [0.29, 0.717) is 17.8 Å². The van der Waals surface area contributed by atoms with E-state index in [1.807, 2.05) is 0 Å². The molecule has 0 aromatic rings. The molecule has 0 heterocycles. The summed E-state index contributed by atoms with van der Waals surface area (Å²) in [5.41, 5.74) is 0.